The zero-order valence-electron chi connectivity index (χ0n) is 14.6. The summed E-state index contributed by atoms with van der Waals surface area (Å²) in [7, 11) is 0. The first kappa shape index (κ1) is 17.2. The highest BCUT2D eigenvalue weighted by Gasteiger charge is 2.09. The zero-order valence-corrected chi connectivity index (χ0v) is 14.6. The lowest BCUT2D eigenvalue weighted by molar-refractivity contribution is 0.102. The molecule has 26 heavy (non-hydrogen) atoms. The molecule has 0 saturated carbocycles. The number of pyridine rings is 1. The second-order valence-corrected chi connectivity index (χ2v) is 6.00. The molecule has 0 unspecified atom stereocenters. The Morgan fingerprint density at radius 3 is 2.54 bits per heavy atom. The number of amides is 1. The van der Waals surface area contributed by atoms with Crippen LogP contribution in [-0.2, 0) is 0 Å². The van der Waals surface area contributed by atoms with Crippen LogP contribution in [0.3, 0.4) is 0 Å². The molecule has 0 aliphatic carbocycles. The summed E-state index contributed by atoms with van der Waals surface area (Å²) in [5.41, 5.74) is 5.49. The van der Waals surface area contributed by atoms with Gasteiger partial charge in [-0.15, -0.1) is 0 Å². The summed E-state index contributed by atoms with van der Waals surface area (Å²) in [6.07, 6.45) is 1.59. The molecule has 3 aromatic rings. The Bertz CT molecular complexity index is 1000. The summed E-state index contributed by atoms with van der Waals surface area (Å²) < 4.78 is 0. The summed E-state index contributed by atoms with van der Waals surface area (Å²) >= 11 is 0. The molecule has 5 nitrogen and oxygen atoms in total. The van der Waals surface area contributed by atoms with Gasteiger partial charge in [0.25, 0.3) is 5.91 Å². The third-order valence-electron chi connectivity index (χ3n) is 4.04. The van der Waals surface area contributed by atoms with Crippen LogP contribution in [0.1, 0.15) is 27.2 Å². The average Bonchev–Trinajstić information content (AvgIpc) is 2.65. The number of hydrogen-bond acceptors (Lipinski definition) is 4. The van der Waals surface area contributed by atoms with Gasteiger partial charge in [0.05, 0.1) is 11.6 Å². The highest BCUT2D eigenvalue weighted by Crippen LogP contribution is 2.20. The van der Waals surface area contributed by atoms with E-state index in [0.717, 1.165) is 11.4 Å². The number of anilines is 3. The Balaban J connectivity index is 1.76. The van der Waals surface area contributed by atoms with Crippen molar-refractivity contribution in [3.63, 3.8) is 0 Å². The minimum atomic E-state index is -0.330. The van der Waals surface area contributed by atoms with Crippen LogP contribution >= 0.6 is 0 Å². The number of carbonyl (C=O) groups is 1. The van der Waals surface area contributed by atoms with Crippen LogP contribution in [0.5, 0.6) is 0 Å². The summed E-state index contributed by atoms with van der Waals surface area (Å²) in [5, 5.41) is 15.0. The molecule has 0 bridgehead atoms. The zero-order chi connectivity index (χ0) is 18.5. The summed E-state index contributed by atoms with van der Waals surface area (Å²) in [5.74, 6) is -0.330. The fourth-order valence-corrected chi connectivity index (χ4v) is 2.48. The van der Waals surface area contributed by atoms with Gasteiger partial charge in [-0.1, -0.05) is 12.1 Å². The van der Waals surface area contributed by atoms with E-state index in [1.54, 1.807) is 36.5 Å². The van der Waals surface area contributed by atoms with Gasteiger partial charge in [-0.25, -0.2) is 0 Å². The number of aryl methyl sites for hydroxylation is 2. The van der Waals surface area contributed by atoms with Gasteiger partial charge < -0.3 is 10.6 Å². The van der Waals surface area contributed by atoms with Gasteiger partial charge in [0.1, 0.15) is 5.69 Å². The number of nitriles is 1. The van der Waals surface area contributed by atoms with Crippen LogP contribution in [0.25, 0.3) is 0 Å². The average molecular weight is 342 g/mol. The molecule has 0 spiro atoms. The predicted octanol–water partition coefficient (Wildman–Crippen LogP) is 4.57. The molecule has 1 heterocycles. The van der Waals surface area contributed by atoms with Crippen molar-refractivity contribution < 1.29 is 4.79 Å². The molecule has 0 saturated heterocycles. The van der Waals surface area contributed by atoms with Gasteiger partial charge in [0, 0.05) is 23.3 Å². The molecule has 0 atom stereocenters. The standard InChI is InChI=1S/C21H18N4O/c1-14-6-7-18(10-15(14)2)24-19-8-9-23-20(12-19)21(26)25-17-5-3-4-16(11-17)13-22/h3-12H,1-2H3,(H,23,24)(H,25,26). The van der Waals surface area contributed by atoms with Crippen LogP contribution in [0, 0.1) is 25.2 Å². The molecular formula is C21H18N4O. The van der Waals surface area contributed by atoms with Crippen molar-refractivity contribution in [2.24, 2.45) is 0 Å². The smallest absolute Gasteiger partial charge is 0.274 e. The Morgan fingerprint density at radius 2 is 1.77 bits per heavy atom. The van der Waals surface area contributed by atoms with E-state index in [4.69, 9.17) is 5.26 Å². The van der Waals surface area contributed by atoms with Crippen LogP contribution < -0.4 is 10.6 Å². The highest BCUT2D eigenvalue weighted by molar-refractivity contribution is 6.03. The molecular weight excluding hydrogens is 324 g/mol. The third-order valence-corrected chi connectivity index (χ3v) is 4.04. The molecule has 3 rings (SSSR count). The first-order valence-corrected chi connectivity index (χ1v) is 8.17. The van der Waals surface area contributed by atoms with E-state index in [-0.39, 0.29) is 5.91 Å². The van der Waals surface area contributed by atoms with E-state index in [1.807, 2.05) is 18.2 Å². The summed E-state index contributed by atoms with van der Waals surface area (Å²) in [6, 6.07) is 18.4. The number of hydrogen-bond donors (Lipinski definition) is 2. The van der Waals surface area contributed by atoms with E-state index in [9.17, 15) is 4.79 Å². The van der Waals surface area contributed by atoms with Gasteiger partial charge in [-0.05, 0) is 67.4 Å². The lowest BCUT2D eigenvalue weighted by Gasteiger charge is -2.10. The lowest BCUT2D eigenvalue weighted by Crippen LogP contribution is -2.13. The first-order chi connectivity index (χ1) is 12.5. The van der Waals surface area contributed by atoms with Crippen LogP contribution in [0.2, 0.25) is 0 Å². The maximum absolute atomic E-state index is 12.4. The molecule has 128 valence electrons. The molecule has 2 aromatic carbocycles. The van der Waals surface area contributed by atoms with Gasteiger partial charge in [0.15, 0.2) is 0 Å². The largest absolute Gasteiger partial charge is 0.355 e. The minimum absolute atomic E-state index is 0.293. The highest BCUT2D eigenvalue weighted by atomic mass is 16.1. The molecule has 0 aliphatic heterocycles. The van der Waals surface area contributed by atoms with Gasteiger partial charge >= 0.3 is 0 Å². The molecule has 0 aliphatic rings. The molecule has 5 heteroatoms. The number of carbonyl (C=O) groups excluding carboxylic acids is 1. The first-order valence-electron chi connectivity index (χ1n) is 8.17. The fourth-order valence-electron chi connectivity index (χ4n) is 2.48. The Morgan fingerprint density at radius 1 is 0.962 bits per heavy atom. The maximum Gasteiger partial charge on any atom is 0.274 e. The second-order valence-electron chi connectivity index (χ2n) is 6.00. The number of nitrogens with one attached hydrogen (secondary N) is 2. The molecule has 0 radical (unpaired) electrons. The van der Waals surface area contributed by atoms with E-state index < -0.39 is 0 Å². The van der Waals surface area contributed by atoms with E-state index in [2.05, 4.69) is 41.6 Å². The van der Waals surface area contributed by atoms with Crippen molar-refractivity contribution in [1.29, 1.82) is 5.26 Å². The summed E-state index contributed by atoms with van der Waals surface area (Å²) in [4.78, 5) is 16.6. The molecule has 1 amide bonds. The monoisotopic (exact) mass is 342 g/mol. The minimum Gasteiger partial charge on any atom is -0.355 e. The SMILES string of the molecule is Cc1ccc(Nc2ccnc(C(=O)Nc3cccc(C#N)c3)c2)cc1C. The Kier molecular flexibility index (Phi) is 4.95. The number of rotatable bonds is 4. The quantitative estimate of drug-likeness (QED) is 0.728. The number of benzene rings is 2. The maximum atomic E-state index is 12.4. The van der Waals surface area contributed by atoms with Crippen molar-refractivity contribution >= 4 is 23.0 Å². The van der Waals surface area contributed by atoms with Crippen molar-refractivity contribution in [3.05, 3.63) is 83.2 Å². The van der Waals surface area contributed by atoms with Crippen molar-refractivity contribution in [3.8, 4) is 6.07 Å². The van der Waals surface area contributed by atoms with E-state index >= 15 is 0 Å². The third kappa shape index (κ3) is 4.05. The predicted molar refractivity (Wildman–Crippen MR) is 103 cm³/mol. The van der Waals surface area contributed by atoms with Crippen LogP contribution in [0.4, 0.5) is 17.1 Å². The van der Waals surface area contributed by atoms with Crippen LogP contribution in [-0.4, -0.2) is 10.9 Å². The van der Waals surface area contributed by atoms with E-state index in [1.165, 1.54) is 11.1 Å². The van der Waals surface area contributed by atoms with E-state index in [0.29, 0.717) is 16.9 Å². The van der Waals surface area contributed by atoms with Crippen molar-refractivity contribution in [2.75, 3.05) is 10.6 Å². The van der Waals surface area contributed by atoms with Crippen molar-refractivity contribution in [1.82, 2.24) is 4.98 Å². The molecule has 2 N–H and O–H groups in total. The Labute approximate surface area is 152 Å². The van der Waals surface area contributed by atoms with Gasteiger partial charge in [-0.2, -0.15) is 5.26 Å². The lowest BCUT2D eigenvalue weighted by atomic mass is 10.1. The van der Waals surface area contributed by atoms with Gasteiger partial charge in [0.2, 0.25) is 0 Å². The fraction of sp³-hybridized carbons (Fsp3) is 0.0952. The van der Waals surface area contributed by atoms with Crippen molar-refractivity contribution in [2.45, 2.75) is 13.8 Å². The van der Waals surface area contributed by atoms with Gasteiger partial charge in [-0.3, -0.25) is 9.78 Å². The second kappa shape index (κ2) is 7.49. The Hall–Kier alpha value is -3.65. The topological polar surface area (TPSA) is 77.8 Å². The molecule has 0 fully saturated rings. The van der Waals surface area contributed by atoms with Crippen LogP contribution in [0.15, 0.2) is 60.8 Å². The normalized spacial score (nSPS) is 10.0. The number of aromatic nitrogens is 1. The molecule has 1 aromatic heterocycles. The summed E-state index contributed by atoms with van der Waals surface area (Å²) in [6.45, 7) is 4.12. The number of nitrogens with zero attached hydrogens (tertiary/aromatic N) is 2.